The molecule has 0 atom stereocenters. The van der Waals surface area contributed by atoms with Crippen LogP contribution in [0.5, 0.6) is 0 Å². The summed E-state index contributed by atoms with van der Waals surface area (Å²) in [6, 6.07) is 5.93. The van der Waals surface area contributed by atoms with E-state index in [2.05, 4.69) is 10.3 Å². The van der Waals surface area contributed by atoms with Crippen LogP contribution in [0.2, 0.25) is 0 Å². The van der Waals surface area contributed by atoms with Crippen LogP contribution in [0.4, 0.5) is 5.69 Å². The Kier molecular flexibility index (Phi) is 3.01. The van der Waals surface area contributed by atoms with Crippen molar-refractivity contribution in [3.05, 3.63) is 45.9 Å². The molecule has 0 saturated heterocycles. The molecule has 2 rings (SSSR count). The van der Waals surface area contributed by atoms with Gasteiger partial charge in [-0.3, -0.25) is 4.79 Å². The number of nitrogens with one attached hydrogen (secondary N) is 1. The zero-order valence-electron chi connectivity index (χ0n) is 9.15. The monoisotopic (exact) mass is 232 g/mol. The van der Waals surface area contributed by atoms with Gasteiger partial charge in [-0.25, -0.2) is 4.98 Å². The standard InChI is InChI=1S/C12H12N2OS/c1-8-3-4-10(9(2)5-8)14-12(15)11-6-16-7-13-11/h3-7H,1-2H3,(H,14,15). The van der Waals surface area contributed by atoms with Crippen molar-refractivity contribution in [3.8, 4) is 0 Å². The normalized spacial score (nSPS) is 10.1. The van der Waals surface area contributed by atoms with E-state index in [1.54, 1.807) is 10.9 Å². The molecular weight excluding hydrogens is 220 g/mol. The summed E-state index contributed by atoms with van der Waals surface area (Å²) < 4.78 is 0. The number of carbonyl (C=O) groups excluding carboxylic acids is 1. The molecule has 1 heterocycles. The van der Waals surface area contributed by atoms with Crippen molar-refractivity contribution in [1.82, 2.24) is 4.98 Å². The Hall–Kier alpha value is -1.68. The number of hydrogen-bond acceptors (Lipinski definition) is 3. The molecule has 1 amide bonds. The molecule has 1 aromatic carbocycles. The highest BCUT2D eigenvalue weighted by Crippen LogP contribution is 2.17. The maximum Gasteiger partial charge on any atom is 0.275 e. The summed E-state index contributed by atoms with van der Waals surface area (Å²) in [5.41, 5.74) is 5.19. The fourth-order valence-corrected chi connectivity index (χ4v) is 2.00. The summed E-state index contributed by atoms with van der Waals surface area (Å²) in [5.74, 6) is -0.159. The minimum Gasteiger partial charge on any atom is -0.320 e. The highest BCUT2D eigenvalue weighted by molar-refractivity contribution is 7.07. The van der Waals surface area contributed by atoms with E-state index in [1.165, 1.54) is 16.9 Å². The van der Waals surface area contributed by atoms with Crippen LogP contribution >= 0.6 is 11.3 Å². The molecule has 0 aliphatic rings. The number of amides is 1. The summed E-state index contributed by atoms with van der Waals surface area (Å²) in [6.07, 6.45) is 0. The smallest absolute Gasteiger partial charge is 0.275 e. The second-order valence-corrected chi connectivity index (χ2v) is 4.36. The fourth-order valence-electron chi connectivity index (χ4n) is 1.46. The molecule has 1 aromatic heterocycles. The second-order valence-electron chi connectivity index (χ2n) is 3.65. The van der Waals surface area contributed by atoms with Gasteiger partial charge in [0.1, 0.15) is 5.69 Å². The SMILES string of the molecule is Cc1ccc(NC(=O)c2cscn2)c(C)c1. The number of rotatable bonds is 2. The number of hydrogen-bond donors (Lipinski definition) is 1. The maximum absolute atomic E-state index is 11.7. The average molecular weight is 232 g/mol. The zero-order chi connectivity index (χ0) is 11.5. The van der Waals surface area contributed by atoms with Crippen molar-refractivity contribution in [2.75, 3.05) is 5.32 Å². The highest BCUT2D eigenvalue weighted by atomic mass is 32.1. The van der Waals surface area contributed by atoms with Crippen molar-refractivity contribution in [1.29, 1.82) is 0 Å². The predicted octanol–water partition coefficient (Wildman–Crippen LogP) is 3.01. The van der Waals surface area contributed by atoms with E-state index < -0.39 is 0 Å². The highest BCUT2D eigenvalue weighted by Gasteiger charge is 2.08. The second kappa shape index (κ2) is 4.45. The molecule has 0 saturated carbocycles. The first-order valence-corrected chi connectivity index (χ1v) is 5.88. The number of nitrogens with zero attached hydrogens (tertiary/aromatic N) is 1. The molecule has 16 heavy (non-hydrogen) atoms. The lowest BCUT2D eigenvalue weighted by Gasteiger charge is -2.07. The van der Waals surface area contributed by atoms with E-state index >= 15 is 0 Å². The first-order valence-electron chi connectivity index (χ1n) is 4.93. The number of carbonyl (C=O) groups is 1. The van der Waals surface area contributed by atoms with Gasteiger partial charge in [0, 0.05) is 11.1 Å². The van der Waals surface area contributed by atoms with Gasteiger partial charge in [0.2, 0.25) is 0 Å². The van der Waals surface area contributed by atoms with Gasteiger partial charge in [-0.2, -0.15) is 0 Å². The number of aryl methyl sites for hydroxylation is 2. The van der Waals surface area contributed by atoms with Gasteiger partial charge in [0.05, 0.1) is 5.51 Å². The Morgan fingerprint density at radius 1 is 1.38 bits per heavy atom. The molecule has 4 heteroatoms. The van der Waals surface area contributed by atoms with Crippen LogP contribution in [0.25, 0.3) is 0 Å². The Bertz CT molecular complexity index is 506. The Labute approximate surface area is 98.2 Å². The molecule has 1 N–H and O–H groups in total. The molecule has 0 fully saturated rings. The zero-order valence-corrected chi connectivity index (χ0v) is 9.97. The fraction of sp³-hybridized carbons (Fsp3) is 0.167. The first kappa shape index (κ1) is 10.8. The molecule has 3 nitrogen and oxygen atoms in total. The molecular formula is C12H12N2OS. The number of benzene rings is 1. The summed E-state index contributed by atoms with van der Waals surface area (Å²) in [7, 11) is 0. The summed E-state index contributed by atoms with van der Waals surface area (Å²) >= 11 is 1.41. The Morgan fingerprint density at radius 2 is 2.19 bits per heavy atom. The summed E-state index contributed by atoms with van der Waals surface area (Å²) in [4.78, 5) is 15.7. The van der Waals surface area contributed by atoms with Gasteiger partial charge >= 0.3 is 0 Å². The van der Waals surface area contributed by atoms with Gasteiger partial charge in [0.15, 0.2) is 0 Å². The van der Waals surface area contributed by atoms with Crippen LogP contribution in [0.1, 0.15) is 21.6 Å². The Morgan fingerprint density at radius 3 is 2.81 bits per heavy atom. The van der Waals surface area contributed by atoms with Crippen molar-refractivity contribution in [2.24, 2.45) is 0 Å². The minimum absolute atomic E-state index is 0.159. The predicted molar refractivity (Wildman–Crippen MR) is 66.0 cm³/mol. The van der Waals surface area contributed by atoms with Gasteiger partial charge in [-0.15, -0.1) is 11.3 Å². The van der Waals surface area contributed by atoms with Gasteiger partial charge < -0.3 is 5.32 Å². The topological polar surface area (TPSA) is 42.0 Å². The summed E-state index contributed by atoms with van der Waals surface area (Å²) in [5, 5.41) is 4.58. The largest absolute Gasteiger partial charge is 0.320 e. The van der Waals surface area contributed by atoms with Crippen LogP contribution < -0.4 is 5.32 Å². The lowest BCUT2D eigenvalue weighted by Crippen LogP contribution is -2.12. The molecule has 0 spiro atoms. The number of thiazole rings is 1. The lowest BCUT2D eigenvalue weighted by molar-refractivity contribution is 0.102. The summed E-state index contributed by atoms with van der Waals surface area (Å²) in [6.45, 7) is 4.00. The van der Waals surface area contributed by atoms with E-state index in [1.807, 2.05) is 32.0 Å². The third-order valence-electron chi connectivity index (χ3n) is 2.30. The van der Waals surface area contributed by atoms with Gasteiger partial charge in [0.25, 0.3) is 5.91 Å². The van der Waals surface area contributed by atoms with Crippen molar-refractivity contribution in [2.45, 2.75) is 13.8 Å². The van der Waals surface area contributed by atoms with E-state index in [-0.39, 0.29) is 5.91 Å². The third-order valence-corrected chi connectivity index (χ3v) is 2.88. The van der Waals surface area contributed by atoms with Gasteiger partial charge in [-0.05, 0) is 25.5 Å². The molecule has 82 valence electrons. The van der Waals surface area contributed by atoms with Crippen LogP contribution in [-0.2, 0) is 0 Å². The maximum atomic E-state index is 11.7. The van der Waals surface area contributed by atoms with E-state index in [4.69, 9.17) is 0 Å². The van der Waals surface area contributed by atoms with Crippen molar-refractivity contribution < 1.29 is 4.79 Å². The molecule has 0 radical (unpaired) electrons. The molecule has 2 aromatic rings. The van der Waals surface area contributed by atoms with Crippen LogP contribution in [0, 0.1) is 13.8 Å². The van der Waals surface area contributed by atoms with Crippen LogP contribution in [0.3, 0.4) is 0 Å². The third kappa shape index (κ3) is 2.28. The quantitative estimate of drug-likeness (QED) is 0.864. The van der Waals surface area contributed by atoms with E-state index in [0.29, 0.717) is 5.69 Å². The van der Waals surface area contributed by atoms with Gasteiger partial charge in [-0.1, -0.05) is 17.7 Å². The molecule has 0 aliphatic carbocycles. The molecule has 0 bridgehead atoms. The van der Waals surface area contributed by atoms with Crippen molar-refractivity contribution >= 4 is 22.9 Å². The van der Waals surface area contributed by atoms with Crippen LogP contribution in [0.15, 0.2) is 29.1 Å². The van der Waals surface area contributed by atoms with E-state index in [0.717, 1.165) is 11.3 Å². The average Bonchev–Trinajstić information content (AvgIpc) is 2.75. The molecule has 0 unspecified atom stereocenters. The van der Waals surface area contributed by atoms with E-state index in [9.17, 15) is 4.79 Å². The number of aromatic nitrogens is 1. The lowest BCUT2D eigenvalue weighted by atomic mass is 10.1. The van der Waals surface area contributed by atoms with Crippen LogP contribution in [-0.4, -0.2) is 10.9 Å². The Balaban J connectivity index is 2.18. The van der Waals surface area contributed by atoms with Crippen molar-refractivity contribution in [3.63, 3.8) is 0 Å². The first-order chi connectivity index (χ1) is 7.66. The minimum atomic E-state index is -0.159. The number of anilines is 1. The molecule has 0 aliphatic heterocycles.